The molecule has 0 unspecified atom stereocenters. The molecule has 2 saturated carbocycles. The number of nitrogens with one attached hydrogen (secondary N) is 1. The van der Waals surface area contributed by atoms with E-state index in [0.717, 1.165) is 57.7 Å². The maximum Gasteiger partial charge on any atom is 0.223 e. The van der Waals surface area contributed by atoms with Crippen LogP contribution in [0, 0.1) is 25.2 Å². The van der Waals surface area contributed by atoms with Crippen LogP contribution in [0.4, 0.5) is 0 Å². The van der Waals surface area contributed by atoms with Gasteiger partial charge in [0.1, 0.15) is 0 Å². The Labute approximate surface area is 198 Å². The Morgan fingerprint density at radius 1 is 1.09 bits per heavy atom. The minimum absolute atomic E-state index is 0.140. The van der Waals surface area contributed by atoms with Crippen molar-refractivity contribution in [1.29, 1.82) is 0 Å². The quantitative estimate of drug-likeness (QED) is 0.665. The number of aryl methyl sites for hydroxylation is 2. The predicted molar refractivity (Wildman–Crippen MR) is 132 cm³/mol. The first-order valence-electron chi connectivity index (χ1n) is 13.0. The molecule has 3 fully saturated rings. The zero-order chi connectivity index (χ0) is 23.1. The van der Waals surface area contributed by atoms with Crippen LogP contribution in [0.5, 0.6) is 0 Å². The summed E-state index contributed by atoms with van der Waals surface area (Å²) in [6, 6.07) is 10.9. The second-order valence-electron chi connectivity index (χ2n) is 10.9. The smallest absolute Gasteiger partial charge is 0.223 e. The van der Waals surface area contributed by atoms with Crippen LogP contribution in [-0.2, 0) is 23.3 Å². The lowest BCUT2D eigenvalue weighted by molar-refractivity contribution is -0.123. The van der Waals surface area contributed by atoms with E-state index in [0.29, 0.717) is 5.91 Å². The van der Waals surface area contributed by atoms with Crippen LogP contribution in [0.2, 0.25) is 0 Å². The van der Waals surface area contributed by atoms with Gasteiger partial charge in [0.25, 0.3) is 0 Å². The number of likely N-dealkylation sites (tertiary alicyclic amines) is 1. The van der Waals surface area contributed by atoms with Crippen LogP contribution in [-0.4, -0.2) is 40.2 Å². The van der Waals surface area contributed by atoms with Gasteiger partial charge in [0.05, 0.1) is 5.69 Å². The molecule has 1 amide bonds. The molecule has 1 N–H and O–H groups in total. The molecule has 33 heavy (non-hydrogen) atoms. The highest BCUT2D eigenvalue weighted by Gasteiger charge is 2.58. The summed E-state index contributed by atoms with van der Waals surface area (Å²) in [5, 5.41) is 8.10. The zero-order valence-corrected chi connectivity index (χ0v) is 20.7. The monoisotopic (exact) mass is 448 g/mol. The molecular weight excluding hydrogens is 408 g/mol. The summed E-state index contributed by atoms with van der Waals surface area (Å²) in [5.41, 5.74) is 5.66. The summed E-state index contributed by atoms with van der Waals surface area (Å²) in [7, 11) is 0. The van der Waals surface area contributed by atoms with Crippen molar-refractivity contribution in [3.63, 3.8) is 0 Å². The standard InChI is InChI=1S/C28H40N4O/c1-4-32-22(3)24(21(2)30-32)19-31-16-14-27(15-17-31)18-25(27)26(33)29-20-28(12-8-9-13-28)23-10-6-5-7-11-23/h5-7,10-11,25H,4,8-9,12-20H2,1-3H3,(H,29,33)/t25-/m0/s1. The molecule has 5 heteroatoms. The second kappa shape index (κ2) is 8.90. The Morgan fingerprint density at radius 3 is 2.42 bits per heavy atom. The van der Waals surface area contributed by atoms with Crippen LogP contribution in [0.3, 0.4) is 0 Å². The Balaban J connectivity index is 1.15. The first kappa shape index (κ1) is 22.6. The van der Waals surface area contributed by atoms with E-state index in [2.05, 4.69) is 71.1 Å². The van der Waals surface area contributed by atoms with Gasteiger partial charge in [0, 0.05) is 42.2 Å². The number of carbonyl (C=O) groups excluding carboxylic acids is 1. The maximum atomic E-state index is 13.2. The highest BCUT2D eigenvalue weighted by Crippen LogP contribution is 2.59. The number of rotatable bonds is 7. The number of amides is 1. The molecule has 2 aromatic rings. The lowest BCUT2D eigenvalue weighted by atomic mass is 9.78. The summed E-state index contributed by atoms with van der Waals surface area (Å²) in [6.07, 6.45) is 8.29. The molecule has 1 aromatic heterocycles. The Hall–Kier alpha value is -2.14. The largest absolute Gasteiger partial charge is 0.355 e. The fourth-order valence-corrected chi connectivity index (χ4v) is 6.71. The molecule has 5 nitrogen and oxygen atoms in total. The normalized spacial score (nSPS) is 23.7. The molecule has 3 aliphatic rings. The molecule has 1 aromatic carbocycles. The molecule has 2 aliphatic carbocycles. The molecule has 1 saturated heterocycles. The first-order chi connectivity index (χ1) is 16.0. The molecule has 2 heterocycles. The number of benzene rings is 1. The van der Waals surface area contributed by atoms with Gasteiger partial charge in [-0.3, -0.25) is 14.4 Å². The predicted octanol–water partition coefficient (Wildman–Crippen LogP) is 4.75. The van der Waals surface area contributed by atoms with Crippen molar-refractivity contribution >= 4 is 5.91 Å². The fraction of sp³-hybridized carbons (Fsp3) is 0.643. The second-order valence-corrected chi connectivity index (χ2v) is 10.9. The summed E-state index contributed by atoms with van der Waals surface area (Å²) in [5.74, 6) is 0.529. The van der Waals surface area contributed by atoms with Crippen LogP contribution in [0.25, 0.3) is 0 Å². The molecule has 178 valence electrons. The molecule has 1 atom stereocenters. The van der Waals surface area contributed by atoms with Gasteiger partial charge in [0.15, 0.2) is 0 Å². The maximum absolute atomic E-state index is 13.2. The van der Waals surface area contributed by atoms with Crippen molar-refractivity contribution in [3.05, 3.63) is 52.8 Å². The molecule has 1 aliphatic heterocycles. The highest BCUT2D eigenvalue weighted by molar-refractivity contribution is 5.82. The third-order valence-corrected chi connectivity index (χ3v) is 9.12. The number of hydrogen-bond acceptors (Lipinski definition) is 3. The van der Waals surface area contributed by atoms with Crippen molar-refractivity contribution < 1.29 is 4.79 Å². The van der Waals surface area contributed by atoms with Crippen molar-refractivity contribution in [2.24, 2.45) is 11.3 Å². The van der Waals surface area contributed by atoms with Crippen molar-refractivity contribution in [1.82, 2.24) is 20.0 Å². The van der Waals surface area contributed by atoms with Crippen molar-refractivity contribution in [3.8, 4) is 0 Å². The molecule has 1 spiro atoms. The van der Waals surface area contributed by atoms with E-state index in [4.69, 9.17) is 0 Å². The SMILES string of the molecule is CCn1nc(C)c(CN2CCC3(CC2)C[C@H]3C(=O)NCC2(c3ccccc3)CCCC2)c1C. The van der Waals surface area contributed by atoms with Crippen LogP contribution in [0.15, 0.2) is 30.3 Å². The zero-order valence-electron chi connectivity index (χ0n) is 20.7. The Kier molecular flexibility index (Phi) is 6.11. The highest BCUT2D eigenvalue weighted by atomic mass is 16.2. The average molecular weight is 449 g/mol. The molecular formula is C28H40N4O. The van der Waals surface area contributed by atoms with Crippen LogP contribution >= 0.6 is 0 Å². The summed E-state index contributed by atoms with van der Waals surface area (Å²) >= 11 is 0. The van der Waals surface area contributed by atoms with Gasteiger partial charge in [-0.15, -0.1) is 0 Å². The first-order valence-corrected chi connectivity index (χ1v) is 13.0. The lowest BCUT2D eigenvalue weighted by Crippen LogP contribution is -2.41. The van der Waals surface area contributed by atoms with E-state index in [1.54, 1.807) is 0 Å². The van der Waals surface area contributed by atoms with E-state index in [1.807, 2.05) is 0 Å². The van der Waals surface area contributed by atoms with Gasteiger partial charge in [-0.1, -0.05) is 43.2 Å². The van der Waals surface area contributed by atoms with Gasteiger partial charge >= 0.3 is 0 Å². The van der Waals surface area contributed by atoms with E-state index in [9.17, 15) is 4.79 Å². The fourth-order valence-electron chi connectivity index (χ4n) is 6.71. The van der Waals surface area contributed by atoms with Gasteiger partial charge < -0.3 is 5.32 Å². The lowest BCUT2D eigenvalue weighted by Gasteiger charge is -2.33. The molecule has 5 rings (SSSR count). The third kappa shape index (κ3) is 4.25. The van der Waals surface area contributed by atoms with Crippen molar-refractivity contribution in [2.75, 3.05) is 19.6 Å². The number of hydrogen-bond donors (Lipinski definition) is 1. The number of piperidine rings is 1. The van der Waals surface area contributed by atoms with Crippen LogP contribution in [0.1, 0.15) is 74.4 Å². The van der Waals surface area contributed by atoms with E-state index >= 15 is 0 Å². The van der Waals surface area contributed by atoms with Gasteiger partial charge in [-0.25, -0.2) is 0 Å². The van der Waals surface area contributed by atoms with Gasteiger partial charge in [-0.2, -0.15) is 5.10 Å². The minimum Gasteiger partial charge on any atom is -0.355 e. The number of aromatic nitrogens is 2. The van der Waals surface area contributed by atoms with Gasteiger partial charge in [-0.05, 0) is 76.9 Å². The van der Waals surface area contributed by atoms with E-state index in [1.165, 1.54) is 42.5 Å². The van der Waals surface area contributed by atoms with E-state index in [-0.39, 0.29) is 16.7 Å². The average Bonchev–Trinajstić information content (AvgIpc) is 3.19. The third-order valence-electron chi connectivity index (χ3n) is 9.12. The van der Waals surface area contributed by atoms with E-state index < -0.39 is 0 Å². The summed E-state index contributed by atoms with van der Waals surface area (Å²) in [6.45, 7) is 11.4. The topological polar surface area (TPSA) is 50.2 Å². The molecule has 0 radical (unpaired) electrons. The van der Waals surface area contributed by atoms with Crippen LogP contribution < -0.4 is 5.32 Å². The Bertz CT molecular complexity index is 981. The molecule has 0 bridgehead atoms. The minimum atomic E-state index is 0.140. The van der Waals surface area contributed by atoms with Crippen molar-refractivity contribution in [2.45, 2.75) is 84.2 Å². The number of nitrogens with zero attached hydrogens (tertiary/aromatic N) is 3. The number of carbonyl (C=O) groups is 1. The Morgan fingerprint density at radius 2 is 1.79 bits per heavy atom. The summed E-state index contributed by atoms with van der Waals surface area (Å²) < 4.78 is 2.12. The van der Waals surface area contributed by atoms with Gasteiger partial charge in [0.2, 0.25) is 5.91 Å². The summed E-state index contributed by atoms with van der Waals surface area (Å²) in [4.78, 5) is 15.7.